The fraction of sp³-hybridized carbons (Fsp3) is 0.400. The highest BCUT2D eigenvalue weighted by Crippen LogP contribution is 2.35. The molecule has 0 N–H and O–H groups in total. The van der Waals surface area contributed by atoms with Gasteiger partial charge >= 0.3 is 5.97 Å². The van der Waals surface area contributed by atoms with Gasteiger partial charge in [-0.3, -0.25) is 4.79 Å². The second-order valence-electron chi connectivity index (χ2n) is 7.30. The van der Waals surface area contributed by atoms with Crippen molar-refractivity contribution in [3.63, 3.8) is 0 Å². The minimum absolute atomic E-state index is 0.0346. The molecule has 2 aromatic rings. The number of benzene rings is 1. The van der Waals surface area contributed by atoms with Gasteiger partial charge in [0.05, 0.1) is 7.11 Å². The molecule has 0 saturated carbocycles. The highest BCUT2D eigenvalue weighted by atomic mass is 32.1. The van der Waals surface area contributed by atoms with E-state index in [1.807, 2.05) is 35.7 Å². The molecule has 0 aliphatic carbocycles. The second kappa shape index (κ2) is 6.64. The topological polar surface area (TPSA) is 46.6 Å². The molecular weight excluding hydrogens is 334 g/mol. The molecule has 132 valence electrons. The van der Waals surface area contributed by atoms with Crippen molar-refractivity contribution in [3.8, 4) is 0 Å². The van der Waals surface area contributed by atoms with Crippen molar-refractivity contribution < 1.29 is 14.3 Å². The first-order chi connectivity index (χ1) is 11.8. The predicted octanol–water partition coefficient (Wildman–Crippen LogP) is 3.96. The first-order valence-electron chi connectivity index (χ1n) is 8.38. The summed E-state index contributed by atoms with van der Waals surface area (Å²) in [6, 6.07) is 8.93. The van der Waals surface area contributed by atoms with E-state index in [1.54, 1.807) is 16.2 Å². The number of amides is 1. The molecule has 0 saturated heterocycles. The number of hydrogen-bond acceptors (Lipinski definition) is 4. The quantitative estimate of drug-likeness (QED) is 0.765. The largest absolute Gasteiger partial charge is 0.467 e. The summed E-state index contributed by atoms with van der Waals surface area (Å²) in [5, 5.41) is 1.96. The third kappa shape index (κ3) is 3.33. The van der Waals surface area contributed by atoms with Crippen LogP contribution in [-0.2, 0) is 21.4 Å². The SMILES string of the molecule is COC(=O)C1c2ccsc2CCN1C(=O)c1ccc(C(C)(C)C)cc1. The van der Waals surface area contributed by atoms with Gasteiger partial charge in [0.2, 0.25) is 0 Å². The monoisotopic (exact) mass is 357 g/mol. The molecule has 1 aliphatic heterocycles. The van der Waals surface area contributed by atoms with Gasteiger partial charge < -0.3 is 9.64 Å². The fourth-order valence-electron chi connectivity index (χ4n) is 3.18. The maximum atomic E-state index is 13.0. The molecule has 0 spiro atoms. The lowest BCUT2D eigenvalue weighted by atomic mass is 9.86. The number of carbonyl (C=O) groups is 2. The zero-order valence-electron chi connectivity index (χ0n) is 15.0. The van der Waals surface area contributed by atoms with Crippen LogP contribution >= 0.6 is 11.3 Å². The van der Waals surface area contributed by atoms with Crippen LogP contribution in [0.5, 0.6) is 0 Å². The number of hydrogen-bond donors (Lipinski definition) is 0. The van der Waals surface area contributed by atoms with E-state index in [0.717, 1.165) is 16.9 Å². The summed E-state index contributed by atoms with van der Waals surface area (Å²) in [7, 11) is 1.36. The molecule has 0 bridgehead atoms. The molecule has 4 nitrogen and oxygen atoms in total. The van der Waals surface area contributed by atoms with Crippen LogP contribution < -0.4 is 0 Å². The van der Waals surface area contributed by atoms with Crippen LogP contribution in [0.4, 0.5) is 0 Å². The van der Waals surface area contributed by atoms with Crippen molar-refractivity contribution in [1.29, 1.82) is 0 Å². The third-order valence-corrected chi connectivity index (χ3v) is 5.65. The van der Waals surface area contributed by atoms with Crippen LogP contribution in [-0.4, -0.2) is 30.4 Å². The van der Waals surface area contributed by atoms with E-state index in [2.05, 4.69) is 20.8 Å². The van der Waals surface area contributed by atoms with Gasteiger partial charge in [-0.2, -0.15) is 0 Å². The zero-order chi connectivity index (χ0) is 18.2. The van der Waals surface area contributed by atoms with Gasteiger partial charge in [-0.1, -0.05) is 32.9 Å². The number of methoxy groups -OCH3 is 1. The molecular formula is C20H23NO3S. The number of thiophene rings is 1. The Kier molecular flexibility index (Phi) is 4.69. The molecule has 1 unspecified atom stereocenters. The first kappa shape index (κ1) is 17.7. The maximum absolute atomic E-state index is 13.0. The Morgan fingerprint density at radius 1 is 1.16 bits per heavy atom. The van der Waals surface area contributed by atoms with Crippen molar-refractivity contribution in [2.45, 2.75) is 38.6 Å². The lowest BCUT2D eigenvalue weighted by molar-refractivity contribution is -0.146. The molecule has 0 fully saturated rings. The van der Waals surface area contributed by atoms with Crippen molar-refractivity contribution in [3.05, 3.63) is 57.3 Å². The molecule has 1 amide bonds. The predicted molar refractivity (Wildman–Crippen MR) is 99.0 cm³/mol. The normalized spacial score (nSPS) is 17.1. The number of esters is 1. The van der Waals surface area contributed by atoms with Gasteiger partial charge in [-0.05, 0) is 46.5 Å². The number of carbonyl (C=O) groups excluding carboxylic acids is 2. The van der Waals surface area contributed by atoms with E-state index in [4.69, 9.17) is 4.74 Å². The minimum Gasteiger partial charge on any atom is -0.467 e. The Morgan fingerprint density at radius 2 is 1.84 bits per heavy atom. The fourth-order valence-corrected chi connectivity index (χ4v) is 4.08. The summed E-state index contributed by atoms with van der Waals surface area (Å²) in [4.78, 5) is 28.2. The van der Waals surface area contributed by atoms with Crippen LogP contribution in [0.15, 0.2) is 35.7 Å². The van der Waals surface area contributed by atoms with E-state index in [1.165, 1.54) is 12.7 Å². The van der Waals surface area contributed by atoms with E-state index in [0.29, 0.717) is 12.1 Å². The third-order valence-electron chi connectivity index (χ3n) is 4.65. The molecule has 1 aromatic heterocycles. The summed E-state index contributed by atoms with van der Waals surface area (Å²) >= 11 is 1.63. The van der Waals surface area contributed by atoms with Crippen LogP contribution in [0.1, 0.15) is 53.2 Å². The summed E-state index contributed by atoms with van der Waals surface area (Å²) in [5.41, 5.74) is 2.70. The Hall–Kier alpha value is -2.14. The number of rotatable bonds is 2. The summed E-state index contributed by atoms with van der Waals surface area (Å²) in [6.07, 6.45) is 0.770. The van der Waals surface area contributed by atoms with Gasteiger partial charge in [0.15, 0.2) is 6.04 Å². The number of nitrogens with zero attached hydrogens (tertiary/aromatic N) is 1. The van der Waals surface area contributed by atoms with E-state index in [9.17, 15) is 9.59 Å². The Bertz CT molecular complexity index is 786. The van der Waals surface area contributed by atoms with Crippen molar-refractivity contribution in [2.75, 3.05) is 13.7 Å². The molecule has 1 atom stereocenters. The lowest BCUT2D eigenvalue weighted by Crippen LogP contribution is -2.43. The van der Waals surface area contributed by atoms with Crippen LogP contribution in [0.25, 0.3) is 0 Å². The minimum atomic E-state index is -0.658. The summed E-state index contributed by atoms with van der Waals surface area (Å²) in [5.74, 6) is -0.522. The van der Waals surface area contributed by atoms with Crippen LogP contribution in [0.3, 0.4) is 0 Å². The highest BCUT2D eigenvalue weighted by molar-refractivity contribution is 7.10. The van der Waals surface area contributed by atoms with Crippen LogP contribution in [0, 0.1) is 0 Å². The zero-order valence-corrected chi connectivity index (χ0v) is 15.9. The van der Waals surface area contributed by atoms with Gasteiger partial charge in [-0.25, -0.2) is 4.79 Å². The number of ether oxygens (including phenoxy) is 1. The van der Waals surface area contributed by atoms with Crippen molar-refractivity contribution in [2.24, 2.45) is 0 Å². The molecule has 1 aliphatic rings. The smallest absolute Gasteiger partial charge is 0.333 e. The molecule has 3 rings (SSSR count). The molecule has 1 aromatic carbocycles. The molecule has 25 heavy (non-hydrogen) atoms. The number of fused-ring (bicyclic) bond motifs is 1. The standard InChI is InChI=1S/C20H23NO3S/c1-20(2,3)14-7-5-13(6-8-14)18(22)21-11-9-16-15(10-12-25-16)17(21)19(23)24-4/h5-8,10,12,17H,9,11H2,1-4H3. The Labute approximate surface area is 152 Å². The van der Waals surface area contributed by atoms with Gasteiger partial charge in [0, 0.05) is 17.0 Å². The summed E-state index contributed by atoms with van der Waals surface area (Å²) in [6.45, 7) is 6.94. The van der Waals surface area contributed by atoms with Crippen LogP contribution in [0.2, 0.25) is 0 Å². The molecule has 5 heteroatoms. The highest BCUT2D eigenvalue weighted by Gasteiger charge is 2.37. The molecule has 0 radical (unpaired) electrons. The van der Waals surface area contributed by atoms with Crippen molar-refractivity contribution in [1.82, 2.24) is 4.90 Å². The average molecular weight is 357 g/mol. The summed E-state index contributed by atoms with van der Waals surface area (Å²) < 4.78 is 4.97. The van der Waals surface area contributed by atoms with E-state index in [-0.39, 0.29) is 17.3 Å². The van der Waals surface area contributed by atoms with Gasteiger partial charge in [-0.15, -0.1) is 11.3 Å². The first-order valence-corrected chi connectivity index (χ1v) is 9.26. The van der Waals surface area contributed by atoms with E-state index >= 15 is 0 Å². The Morgan fingerprint density at radius 3 is 2.44 bits per heavy atom. The maximum Gasteiger partial charge on any atom is 0.333 e. The van der Waals surface area contributed by atoms with Crippen molar-refractivity contribution >= 4 is 23.2 Å². The molecule has 2 heterocycles. The second-order valence-corrected chi connectivity index (χ2v) is 8.30. The Balaban J connectivity index is 1.92. The van der Waals surface area contributed by atoms with Gasteiger partial charge in [0.1, 0.15) is 0 Å². The van der Waals surface area contributed by atoms with E-state index < -0.39 is 6.04 Å². The lowest BCUT2D eigenvalue weighted by Gasteiger charge is -2.34. The average Bonchev–Trinajstić information content (AvgIpc) is 3.07. The van der Waals surface area contributed by atoms with Gasteiger partial charge in [0.25, 0.3) is 5.91 Å².